The van der Waals surface area contributed by atoms with E-state index in [1.165, 1.54) is 30.0 Å². The van der Waals surface area contributed by atoms with Crippen molar-refractivity contribution in [1.29, 1.82) is 0 Å². The molecule has 3 heterocycles. The predicted molar refractivity (Wildman–Crippen MR) is 172 cm³/mol. The summed E-state index contributed by atoms with van der Waals surface area (Å²) in [5, 5.41) is 2.74. The molecule has 1 atom stereocenters. The monoisotopic (exact) mass is 650 g/mol. The number of thiophene rings is 1. The van der Waals surface area contributed by atoms with Gasteiger partial charge in [-0.1, -0.05) is 24.3 Å². The molecule has 2 amide bonds. The third-order valence-electron chi connectivity index (χ3n) is 7.37. The first-order chi connectivity index (χ1) is 22.1. The van der Waals surface area contributed by atoms with Crippen LogP contribution >= 0.6 is 11.3 Å². The Hall–Kier alpha value is -4.76. The van der Waals surface area contributed by atoms with Crippen molar-refractivity contribution in [1.82, 2.24) is 19.6 Å². The van der Waals surface area contributed by atoms with Crippen LogP contribution in [0.25, 0.3) is 26.5 Å². The molecule has 0 fully saturated rings. The molecule has 4 N–H and O–H groups in total. The zero-order valence-electron chi connectivity index (χ0n) is 25.3. The summed E-state index contributed by atoms with van der Waals surface area (Å²) in [5.74, 6) is -1.64. The summed E-state index contributed by atoms with van der Waals surface area (Å²) in [6.07, 6.45) is 1.74. The molecule has 0 saturated heterocycles. The highest BCUT2D eigenvalue weighted by Crippen LogP contribution is 2.43. The largest absolute Gasteiger partial charge is 0.382 e. The Morgan fingerprint density at radius 3 is 2.41 bits per heavy atom. The SMILES string of the molecule is CCOCCC(C)(N)c1c(-c2ccc(NC(=O)NOC)cc2)sc2c1c(=O)n(-c1ccccn1)c(=O)n2Cc1c(F)cccc1F. The first-order valence-electron chi connectivity index (χ1n) is 14.3. The number of halogens is 2. The van der Waals surface area contributed by atoms with Crippen molar-refractivity contribution in [3.8, 4) is 16.3 Å². The van der Waals surface area contributed by atoms with Gasteiger partial charge in [0.05, 0.1) is 19.0 Å². The number of hydrogen-bond donors (Lipinski definition) is 3. The summed E-state index contributed by atoms with van der Waals surface area (Å²) < 4.78 is 37.6. The third kappa shape index (κ3) is 6.46. The average Bonchev–Trinajstić information content (AvgIpc) is 3.44. The first kappa shape index (κ1) is 32.6. The second-order valence-corrected chi connectivity index (χ2v) is 11.6. The van der Waals surface area contributed by atoms with E-state index >= 15 is 0 Å². The molecule has 240 valence electrons. The number of aromatic nitrogens is 3. The van der Waals surface area contributed by atoms with Gasteiger partial charge in [0.25, 0.3) is 5.56 Å². The molecule has 0 bridgehead atoms. The molecular weight excluding hydrogens is 618 g/mol. The molecule has 0 aliphatic carbocycles. The number of nitrogens with zero attached hydrogens (tertiary/aromatic N) is 3. The summed E-state index contributed by atoms with van der Waals surface area (Å²) in [6.45, 7) is 3.86. The molecule has 0 aliphatic heterocycles. The second-order valence-electron chi connectivity index (χ2n) is 10.6. The summed E-state index contributed by atoms with van der Waals surface area (Å²) in [4.78, 5) is 50.0. The number of carbonyl (C=O) groups excluding carboxylic acids is 1. The number of anilines is 1. The lowest BCUT2D eigenvalue weighted by molar-refractivity contribution is 0.114. The average molecular weight is 651 g/mol. The van der Waals surface area contributed by atoms with Crippen molar-refractivity contribution >= 4 is 33.3 Å². The fourth-order valence-electron chi connectivity index (χ4n) is 5.14. The number of fused-ring (bicyclic) bond motifs is 1. The van der Waals surface area contributed by atoms with Crippen LogP contribution in [0.1, 0.15) is 31.4 Å². The lowest BCUT2D eigenvalue weighted by atomic mass is 9.87. The van der Waals surface area contributed by atoms with Crippen molar-refractivity contribution < 1.29 is 23.1 Å². The molecule has 5 aromatic rings. The highest BCUT2D eigenvalue weighted by molar-refractivity contribution is 7.22. The van der Waals surface area contributed by atoms with E-state index in [9.17, 15) is 23.2 Å². The molecule has 0 radical (unpaired) electrons. The van der Waals surface area contributed by atoms with Gasteiger partial charge in [0.15, 0.2) is 0 Å². The number of nitrogens with one attached hydrogen (secondary N) is 2. The van der Waals surface area contributed by atoms with Crippen LogP contribution in [0.15, 0.2) is 76.4 Å². The van der Waals surface area contributed by atoms with Crippen LogP contribution in [0.5, 0.6) is 0 Å². The molecule has 1 unspecified atom stereocenters. The number of ether oxygens (including phenoxy) is 1. The lowest BCUT2D eigenvalue weighted by Crippen LogP contribution is -2.41. The van der Waals surface area contributed by atoms with Crippen LogP contribution < -0.4 is 27.8 Å². The van der Waals surface area contributed by atoms with Gasteiger partial charge < -0.3 is 15.8 Å². The summed E-state index contributed by atoms with van der Waals surface area (Å²) in [6, 6.07) is 14.4. The van der Waals surface area contributed by atoms with Gasteiger partial charge >= 0.3 is 11.7 Å². The lowest BCUT2D eigenvalue weighted by Gasteiger charge is -2.26. The first-order valence-corrected chi connectivity index (χ1v) is 15.1. The fourth-order valence-corrected chi connectivity index (χ4v) is 6.57. The minimum Gasteiger partial charge on any atom is -0.382 e. The summed E-state index contributed by atoms with van der Waals surface area (Å²) in [5.41, 5.74) is 7.66. The van der Waals surface area contributed by atoms with Gasteiger partial charge in [0.2, 0.25) is 0 Å². The van der Waals surface area contributed by atoms with E-state index < -0.39 is 41.0 Å². The fraction of sp³-hybridized carbons (Fsp3) is 0.250. The Bertz CT molecular complexity index is 1970. The van der Waals surface area contributed by atoms with Crippen LogP contribution in [-0.4, -0.2) is 40.5 Å². The standard InChI is InChI=1S/C32H32F2N6O5S/c1-4-45-17-15-32(2,35)26-25-28(41)40(24-10-5-6-16-36-24)31(43)39(18-21-22(33)8-7-9-23(21)34)29(25)46-27(26)19-11-13-20(14-12-19)37-30(42)38-44-3/h5-14,16H,4,15,17-18,35H2,1-3H3,(H2,37,38,42). The zero-order chi connectivity index (χ0) is 33.0. The Morgan fingerprint density at radius 2 is 1.78 bits per heavy atom. The Labute approximate surface area is 266 Å². The molecule has 46 heavy (non-hydrogen) atoms. The molecule has 0 saturated carbocycles. The smallest absolute Gasteiger partial charge is 0.343 e. The van der Waals surface area contributed by atoms with E-state index in [0.29, 0.717) is 34.7 Å². The predicted octanol–water partition coefficient (Wildman–Crippen LogP) is 4.89. The maximum Gasteiger partial charge on any atom is 0.343 e. The van der Waals surface area contributed by atoms with Gasteiger partial charge in [-0.05, 0) is 62.2 Å². The number of carbonyl (C=O) groups is 1. The van der Waals surface area contributed by atoms with E-state index in [1.54, 1.807) is 43.3 Å². The zero-order valence-corrected chi connectivity index (χ0v) is 26.1. The molecule has 5 rings (SSSR count). The van der Waals surface area contributed by atoms with Gasteiger partial charge in [-0.2, -0.15) is 0 Å². The van der Waals surface area contributed by atoms with Crippen molar-refractivity contribution in [3.63, 3.8) is 0 Å². The van der Waals surface area contributed by atoms with E-state index in [2.05, 4.69) is 20.6 Å². The normalized spacial score (nSPS) is 12.7. The molecule has 0 spiro atoms. The molecule has 14 heteroatoms. The third-order valence-corrected chi connectivity index (χ3v) is 8.63. The summed E-state index contributed by atoms with van der Waals surface area (Å²) >= 11 is 1.10. The van der Waals surface area contributed by atoms with Crippen LogP contribution in [0.4, 0.5) is 19.3 Å². The molecule has 3 aromatic heterocycles. The van der Waals surface area contributed by atoms with Crippen LogP contribution in [0.2, 0.25) is 0 Å². The quantitative estimate of drug-likeness (QED) is 0.137. The van der Waals surface area contributed by atoms with Gasteiger partial charge in [-0.3, -0.25) is 14.2 Å². The number of nitrogens with two attached hydrogens (primary N) is 1. The van der Waals surface area contributed by atoms with Crippen LogP contribution in [-0.2, 0) is 21.7 Å². The van der Waals surface area contributed by atoms with Crippen molar-refractivity contribution in [2.45, 2.75) is 32.4 Å². The van der Waals surface area contributed by atoms with Gasteiger partial charge in [-0.25, -0.2) is 33.4 Å². The highest BCUT2D eigenvalue weighted by atomic mass is 32.1. The number of urea groups is 1. The molecule has 2 aromatic carbocycles. The molecular formula is C32H32F2N6O5S. The van der Waals surface area contributed by atoms with E-state index in [0.717, 1.165) is 28.0 Å². The maximum absolute atomic E-state index is 14.9. The number of pyridine rings is 1. The van der Waals surface area contributed by atoms with Gasteiger partial charge in [-0.15, -0.1) is 11.3 Å². The van der Waals surface area contributed by atoms with Crippen molar-refractivity contribution in [2.24, 2.45) is 5.73 Å². The van der Waals surface area contributed by atoms with E-state index in [1.807, 2.05) is 6.92 Å². The van der Waals surface area contributed by atoms with Crippen LogP contribution in [0.3, 0.4) is 0 Å². The topological polar surface area (TPSA) is 143 Å². The number of hydroxylamine groups is 1. The van der Waals surface area contributed by atoms with Gasteiger partial charge in [0.1, 0.15) is 22.3 Å². The van der Waals surface area contributed by atoms with Crippen molar-refractivity contribution in [3.05, 3.63) is 110 Å². The number of amides is 2. The van der Waals surface area contributed by atoms with E-state index in [-0.39, 0.29) is 28.2 Å². The second kappa shape index (κ2) is 13.7. The molecule has 11 nitrogen and oxygen atoms in total. The summed E-state index contributed by atoms with van der Waals surface area (Å²) in [7, 11) is 1.31. The number of rotatable bonds is 11. The Kier molecular flexibility index (Phi) is 9.72. The van der Waals surface area contributed by atoms with Crippen LogP contribution in [0, 0.1) is 11.6 Å². The Balaban J connectivity index is 1.83. The minimum absolute atomic E-state index is 0.0404. The number of benzene rings is 2. The number of hydrogen-bond acceptors (Lipinski definition) is 8. The minimum atomic E-state index is -1.16. The van der Waals surface area contributed by atoms with E-state index in [4.69, 9.17) is 10.5 Å². The molecule has 0 aliphatic rings. The van der Waals surface area contributed by atoms with Gasteiger partial charge in [0, 0.05) is 46.6 Å². The Morgan fingerprint density at radius 1 is 1.07 bits per heavy atom. The maximum atomic E-state index is 14.9. The van der Waals surface area contributed by atoms with Crippen molar-refractivity contribution in [2.75, 3.05) is 25.6 Å². The highest BCUT2D eigenvalue weighted by Gasteiger charge is 2.33.